The molecule has 0 saturated carbocycles. The lowest BCUT2D eigenvalue weighted by Crippen LogP contribution is -3.14. The molecular formula is C11H22NO2+. The monoisotopic (exact) mass is 200 g/mol. The van der Waals surface area contributed by atoms with Crippen LogP contribution >= 0.6 is 0 Å². The molecule has 1 fully saturated rings. The van der Waals surface area contributed by atoms with E-state index in [4.69, 9.17) is 0 Å². The standard InChI is InChI=1S/C11H21NO2/c1-9-6-10(2)8-12(7-9)5-4-11(13)14-3/h9-10H,4-8H2,1-3H3/p+1/t9-,10+. The molecule has 14 heavy (non-hydrogen) atoms. The summed E-state index contributed by atoms with van der Waals surface area (Å²) in [7, 11) is 1.46. The van der Waals surface area contributed by atoms with Crippen molar-refractivity contribution in [2.75, 3.05) is 26.7 Å². The summed E-state index contributed by atoms with van der Waals surface area (Å²) < 4.78 is 4.64. The van der Waals surface area contributed by atoms with Gasteiger partial charge in [-0.05, 0) is 6.42 Å². The molecule has 0 aromatic carbocycles. The number of nitrogens with one attached hydrogen (secondary N) is 1. The second kappa shape index (κ2) is 5.35. The summed E-state index contributed by atoms with van der Waals surface area (Å²) in [6.07, 6.45) is 1.90. The fourth-order valence-electron chi connectivity index (χ4n) is 2.51. The van der Waals surface area contributed by atoms with Crippen LogP contribution in [0.5, 0.6) is 0 Å². The molecule has 3 nitrogen and oxygen atoms in total. The van der Waals surface area contributed by atoms with Crippen molar-refractivity contribution < 1.29 is 14.4 Å². The van der Waals surface area contributed by atoms with Gasteiger partial charge >= 0.3 is 5.97 Å². The van der Waals surface area contributed by atoms with Crippen LogP contribution in [0.4, 0.5) is 0 Å². The van der Waals surface area contributed by atoms with Crippen LogP contribution in [0.1, 0.15) is 26.7 Å². The van der Waals surface area contributed by atoms with Gasteiger partial charge in [-0.2, -0.15) is 0 Å². The molecular weight excluding hydrogens is 178 g/mol. The predicted octanol–water partition coefficient (Wildman–Crippen LogP) is 0.110. The van der Waals surface area contributed by atoms with Crippen molar-refractivity contribution in [3.63, 3.8) is 0 Å². The minimum atomic E-state index is -0.0802. The number of rotatable bonds is 3. The SMILES string of the molecule is COC(=O)CC[NH+]1C[C@H](C)C[C@H](C)C1. The van der Waals surface area contributed by atoms with Gasteiger partial charge in [-0.25, -0.2) is 0 Å². The molecule has 1 N–H and O–H groups in total. The van der Waals surface area contributed by atoms with Crippen LogP contribution in [-0.4, -0.2) is 32.7 Å². The maximum absolute atomic E-state index is 11.0. The fourth-order valence-corrected chi connectivity index (χ4v) is 2.51. The van der Waals surface area contributed by atoms with Crippen molar-refractivity contribution in [2.24, 2.45) is 11.8 Å². The van der Waals surface area contributed by atoms with Crippen molar-refractivity contribution in [1.29, 1.82) is 0 Å². The van der Waals surface area contributed by atoms with Gasteiger partial charge in [0.05, 0.1) is 33.2 Å². The zero-order valence-electron chi connectivity index (χ0n) is 9.51. The average molecular weight is 200 g/mol. The highest BCUT2D eigenvalue weighted by atomic mass is 16.5. The van der Waals surface area contributed by atoms with Gasteiger partial charge in [0, 0.05) is 11.8 Å². The molecule has 0 aromatic rings. The maximum atomic E-state index is 11.0. The van der Waals surface area contributed by atoms with Crippen LogP contribution in [0.2, 0.25) is 0 Å². The Morgan fingerprint density at radius 3 is 2.43 bits per heavy atom. The zero-order valence-corrected chi connectivity index (χ0v) is 9.51. The summed E-state index contributed by atoms with van der Waals surface area (Å²) in [5, 5.41) is 0. The van der Waals surface area contributed by atoms with Gasteiger partial charge in [0.1, 0.15) is 0 Å². The Morgan fingerprint density at radius 1 is 1.36 bits per heavy atom. The normalized spacial score (nSPS) is 32.6. The summed E-state index contributed by atoms with van der Waals surface area (Å²) in [6.45, 7) is 7.95. The Hall–Kier alpha value is -0.570. The Bertz CT molecular complexity index is 184. The van der Waals surface area contributed by atoms with Crippen molar-refractivity contribution in [1.82, 2.24) is 0 Å². The Balaban J connectivity index is 2.26. The molecule has 0 aromatic heterocycles. The predicted molar refractivity (Wildman–Crippen MR) is 55.1 cm³/mol. The van der Waals surface area contributed by atoms with Crippen molar-refractivity contribution >= 4 is 5.97 Å². The van der Waals surface area contributed by atoms with E-state index in [1.165, 1.54) is 26.6 Å². The quantitative estimate of drug-likeness (QED) is 0.656. The summed E-state index contributed by atoms with van der Waals surface area (Å²) in [5.74, 6) is 1.51. The molecule has 0 bridgehead atoms. The molecule has 1 rings (SSSR count). The van der Waals surface area contributed by atoms with Crippen LogP contribution in [0, 0.1) is 11.8 Å². The number of hydrogen-bond acceptors (Lipinski definition) is 2. The van der Waals surface area contributed by atoms with Gasteiger partial charge in [0.15, 0.2) is 0 Å². The van der Waals surface area contributed by atoms with E-state index in [1.807, 2.05) is 0 Å². The largest absolute Gasteiger partial charge is 0.469 e. The zero-order chi connectivity index (χ0) is 10.6. The maximum Gasteiger partial charge on any atom is 0.311 e. The average Bonchev–Trinajstić information content (AvgIpc) is 2.12. The minimum absolute atomic E-state index is 0.0802. The molecule has 1 saturated heterocycles. The van der Waals surface area contributed by atoms with Gasteiger partial charge in [0.2, 0.25) is 0 Å². The topological polar surface area (TPSA) is 30.7 Å². The Labute approximate surface area is 86.4 Å². The van der Waals surface area contributed by atoms with Gasteiger partial charge in [-0.1, -0.05) is 13.8 Å². The van der Waals surface area contributed by atoms with Crippen LogP contribution in [0.15, 0.2) is 0 Å². The number of methoxy groups -OCH3 is 1. The van der Waals surface area contributed by atoms with Crippen LogP contribution < -0.4 is 4.90 Å². The molecule has 82 valence electrons. The lowest BCUT2D eigenvalue weighted by atomic mass is 9.92. The number of likely N-dealkylation sites (tertiary alicyclic amines) is 1. The Morgan fingerprint density at radius 2 is 1.93 bits per heavy atom. The summed E-state index contributed by atoms with van der Waals surface area (Å²) in [4.78, 5) is 12.5. The molecule has 0 aliphatic carbocycles. The smallest absolute Gasteiger partial charge is 0.311 e. The summed E-state index contributed by atoms with van der Waals surface area (Å²) in [6, 6.07) is 0. The fraction of sp³-hybridized carbons (Fsp3) is 0.909. The molecule has 1 aliphatic rings. The third-order valence-corrected chi connectivity index (χ3v) is 2.99. The first-order valence-corrected chi connectivity index (χ1v) is 5.52. The van der Waals surface area contributed by atoms with E-state index < -0.39 is 0 Å². The summed E-state index contributed by atoms with van der Waals surface area (Å²) in [5.41, 5.74) is 0. The molecule has 1 unspecified atom stereocenters. The Kier molecular flexibility index (Phi) is 4.39. The lowest BCUT2D eigenvalue weighted by molar-refractivity contribution is -0.911. The van der Waals surface area contributed by atoms with E-state index in [-0.39, 0.29) is 5.97 Å². The third kappa shape index (κ3) is 3.66. The first-order chi connectivity index (χ1) is 6.61. The van der Waals surface area contributed by atoms with Crippen molar-refractivity contribution in [2.45, 2.75) is 26.7 Å². The summed E-state index contributed by atoms with van der Waals surface area (Å²) >= 11 is 0. The van der Waals surface area contributed by atoms with Gasteiger partial charge in [-0.15, -0.1) is 0 Å². The van der Waals surface area contributed by atoms with Gasteiger partial charge in [-0.3, -0.25) is 4.79 Å². The second-order valence-corrected chi connectivity index (χ2v) is 4.68. The molecule has 3 atom stereocenters. The lowest BCUT2D eigenvalue weighted by Gasteiger charge is -2.31. The number of piperidine rings is 1. The molecule has 0 radical (unpaired) electrons. The first kappa shape index (κ1) is 11.5. The van der Waals surface area contributed by atoms with E-state index in [2.05, 4.69) is 18.6 Å². The number of ether oxygens (including phenoxy) is 1. The third-order valence-electron chi connectivity index (χ3n) is 2.99. The number of hydrogen-bond donors (Lipinski definition) is 1. The number of quaternary nitrogens is 1. The molecule has 3 heteroatoms. The molecule has 1 heterocycles. The van der Waals surface area contributed by atoms with E-state index >= 15 is 0 Å². The molecule has 1 aliphatic heterocycles. The van der Waals surface area contributed by atoms with E-state index in [1.54, 1.807) is 4.90 Å². The van der Waals surface area contributed by atoms with Crippen LogP contribution in [-0.2, 0) is 9.53 Å². The first-order valence-electron chi connectivity index (χ1n) is 5.52. The second-order valence-electron chi connectivity index (χ2n) is 4.68. The van der Waals surface area contributed by atoms with Crippen molar-refractivity contribution in [3.05, 3.63) is 0 Å². The highest BCUT2D eigenvalue weighted by molar-refractivity contribution is 5.69. The van der Waals surface area contributed by atoms with E-state index in [0.29, 0.717) is 6.42 Å². The van der Waals surface area contributed by atoms with Gasteiger partial charge < -0.3 is 9.64 Å². The highest BCUT2D eigenvalue weighted by Gasteiger charge is 2.25. The molecule has 0 spiro atoms. The highest BCUT2D eigenvalue weighted by Crippen LogP contribution is 2.11. The number of carbonyl (C=O) groups excluding carboxylic acids is 1. The number of carbonyl (C=O) groups is 1. The van der Waals surface area contributed by atoms with Crippen LogP contribution in [0.25, 0.3) is 0 Å². The van der Waals surface area contributed by atoms with E-state index in [9.17, 15) is 4.79 Å². The molecule has 0 amide bonds. The van der Waals surface area contributed by atoms with Crippen molar-refractivity contribution in [3.8, 4) is 0 Å². The minimum Gasteiger partial charge on any atom is -0.469 e. The van der Waals surface area contributed by atoms with E-state index in [0.717, 1.165) is 18.4 Å². The number of esters is 1. The van der Waals surface area contributed by atoms with Gasteiger partial charge in [0.25, 0.3) is 0 Å². The van der Waals surface area contributed by atoms with Crippen LogP contribution in [0.3, 0.4) is 0 Å².